The second-order valence-corrected chi connectivity index (χ2v) is 7.18. The first-order valence-corrected chi connectivity index (χ1v) is 9.76. The van der Waals surface area contributed by atoms with Gasteiger partial charge in [0.2, 0.25) is 11.8 Å². The summed E-state index contributed by atoms with van der Waals surface area (Å²) in [6, 6.07) is 8.30. The van der Waals surface area contributed by atoms with Crippen LogP contribution in [0.15, 0.2) is 30.3 Å². The molecule has 9 heteroatoms. The van der Waals surface area contributed by atoms with Gasteiger partial charge in [-0.15, -0.1) is 0 Å². The molecule has 0 atom stereocenters. The van der Waals surface area contributed by atoms with Crippen molar-refractivity contribution in [2.45, 2.75) is 20.3 Å². The average molecular weight is 432 g/mol. The first-order chi connectivity index (χ1) is 14.3. The third-order valence-corrected chi connectivity index (χ3v) is 4.47. The number of hydrogen-bond donors (Lipinski definition) is 3. The summed E-state index contributed by atoms with van der Waals surface area (Å²) < 4.78 is 11.1. The van der Waals surface area contributed by atoms with Crippen LogP contribution in [0.4, 0.5) is 11.4 Å². The van der Waals surface area contributed by atoms with E-state index in [2.05, 4.69) is 16.0 Å². The van der Waals surface area contributed by atoms with Crippen LogP contribution in [0, 0.1) is 0 Å². The van der Waals surface area contributed by atoms with E-state index < -0.39 is 0 Å². The number of fused-ring (bicyclic) bond motifs is 1. The molecule has 2 aromatic rings. The van der Waals surface area contributed by atoms with Crippen LogP contribution in [0.25, 0.3) is 0 Å². The molecule has 0 aliphatic carbocycles. The maximum absolute atomic E-state index is 12.6. The van der Waals surface area contributed by atoms with E-state index in [0.717, 1.165) is 5.56 Å². The molecule has 0 aromatic heterocycles. The topological polar surface area (TPSA) is 106 Å². The molecule has 158 valence electrons. The Kier molecular flexibility index (Phi) is 6.79. The Morgan fingerprint density at radius 1 is 0.933 bits per heavy atom. The van der Waals surface area contributed by atoms with Crippen molar-refractivity contribution in [2.75, 3.05) is 30.4 Å². The molecule has 1 aliphatic rings. The third kappa shape index (κ3) is 5.64. The monoisotopic (exact) mass is 431 g/mol. The molecule has 30 heavy (non-hydrogen) atoms. The van der Waals surface area contributed by atoms with Crippen molar-refractivity contribution in [3.05, 3.63) is 46.5 Å². The fraction of sp³-hybridized carbons (Fsp3) is 0.286. The molecule has 0 fully saturated rings. The SMILES string of the molecule is CC(=O)Nc1cc(NC(C)=O)cc(C(=O)NCCc2cc(Cl)c3c(c2)OCCO3)c1. The van der Waals surface area contributed by atoms with E-state index >= 15 is 0 Å². The van der Waals surface area contributed by atoms with Gasteiger partial charge in [-0.05, 0) is 42.3 Å². The molecular weight excluding hydrogens is 410 g/mol. The summed E-state index contributed by atoms with van der Waals surface area (Å²) in [6.07, 6.45) is 0.534. The lowest BCUT2D eigenvalue weighted by Gasteiger charge is -2.20. The summed E-state index contributed by atoms with van der Waals surface area (Å²) in [5.74, 6) is 0.236. The summed E-state index contributed by atoms with van der Waals surface area (Å²) >= 11 is 6.24. The van der Waals surface area contributed by atoms with Crippen molar-refractivity contribution < 1.29 is 23.9 Å². The van der Waals surface area contributed by atoms with Crippen molar-refractivity contribution in [1.29, 1.82) is 0 Å². The fourth-order valence-electron chi connectivity index (χ4n) is 3.04. The summed E-state index contributed by atoms with van der Waals surface area (Å²) in [4.78, 5) is 35.3. The predicted molar refractivity (Wildman–Crippen MR) is 114 cm³/mol. The normalized spacial score (nSPS) is 12.1. The van der Waals surface area contributed by atoms with Crippen LogP contribution >= 0.6 is 11.6 Å². The van der Waals surface area contributed by atoms with Crippen molar-refractivity contribution in [1.82, 2.24) is 5.32 Å². The van der Waals surface area contributed by atoms with Gasteiger partial charge in [-0.2, -0.15) is 0 Å². The van der Waals surface area contributed by atoms with Gasteiger partial charge in [0.25, 0.3) is 5.91 Å². The molecule has 1 heterocycles. The lowest BCUT2D eigenvalue weighted by molar-refractivity contribution is -0.115. The maximum atomic E-state index is 12.6. The molecule has 2 aromatic carbocycles. The van der Waals surface area contributed by atoms with Crippen molar-refractivity contribution >= 4 is 40.7 Å². The Bertz CT molecular complexity index is 959. The Hall–Kier alpha value is -3.26. The molecule has 0 radical (unpaired) electrons. The number of carbonyl (C=O) groups is 3. The molecular formula is C21H22ClN3O5. The van der Waals surface area contributed by atoms with Crippen LogP contribution in [0.3, 0.4) is 0 Å². The van der Waals surface area contributed by atoms with Gasteiger partial charge in [0, 0.05) is 37.3 Å². The van der Waals surface area contributed by atoms with Crippen molar-refractivity contribution in [3.8, 4) is 11.5 Å². The van der Waals surface area contributed by atoms with E-state index in [0.29, 0.717) is 59.6 Å². The number of hydrogen-bond acceptors (Lipinski definition) is 5. The van der Waals surface area contributed by atoms with Crippen LogP contribution in [-0.2, 0) is 16.0 Å². The zero-order valence-corrected chi connectivity index (χ0v) is 17.4. The Morgan fingerprint density at radius 3 is 2.20 bits per heavy atom. The molecule has 8 nitrogen and oxygen atoms in total. The van der Waals surface area contributed by atoms with Gasteiger partial charge in [0.15, 0.2) is 11.5 Å². The number of ether oxygens (including phenoxy) is 2. The van der Waals surface area contributed by atoms with E-state index in [4.69, 9.17) is 21.1 Å². The molecule has 0 unspecified atom stereocenters. The molecule has 1 aliphatic heterocycles. The van der Waals surface area contributed by atoms with E-state index in [1.165, 1.54) is 13.8 Å². The summed E-state index contributed by atoms with van der Waals surface area (Å²) in [6.45, 7) is 4.01. The van der Waals surface area contributed by atoms with E-state index in [-0.39, 0.29) is 17.7 Å². The number of nitrogens with one attached hydrogen (secondary N) is 3. The van der Waals surface area contributed by atoms with Crippen LogP contribution in [-0.4, -0.2) is 37.5 Å². The molecule has 0 saturated carbocycles. The zero-order valence-electron chi connectivity index (χ0n) is 16.6. The summed E-state index contributed by atoms with van der Waals surface area (Å²) in [7, 11) is 0. The van der Waals surface area contributed by atoms with Crippen LogP contribution in [0.1, 0.15) is 29.8 Å². The largest absolute Gasteiger partial charge is 0.486 e. The molecule has 3 rings (SSSR count). The number of rotatable bonds is 6. The quantitative estimate of drug-likeness (QED) is 0.652. The number of carbonyl (C=O) groups excluding carboxylic acids is 3. The first kappa shape index (κ1) is 21.4. The fourth-order valence-corrected chi connectivity index (χ4v) is 3.33. The summed E-state index contributed by atoms with van der Waals surface area (Å²) in [5, 5.41) is 8.54. The van der Waals surface area contributed by atoms with Crippen molar-refractivity contribution in [2.24, 2.45) is 0 Å². The van der Waals surface area contributed by atoms with E-state index in [1.807, 2.05) is 6.07 Å². The molecule has 0 spiro atoms. The van der Waals surface area contributed by atoms with Gasteiger partial charge in [0.05, 0.1) is 5.02 Å². The smallest absolute Gasteiger partial charge is 0.251 e. The number of benzene rings is 2. The predicted octanol–water partition coefficient (Wildman–Crippen LogP) is 3.00. The van der Waals surface area contributed by atoms with Gasteiger partial charge < -0.3 is 25.4 Å². The Morgan fingerprint density at radius 2 is 1.57 bits per heavy atom. The Balaban J connectivity index is 1.67. The number of halogens is 1. The van der Waals surface area contributed by atoms with E-state index in [1.54, 1.807) is 24.3 Å². The van der Waals surface area contributed by atoms with Gasteiger partial charge in [-0.1, -0.05) is 11.6 Å². The minimum Gasteiger partial charge on any atom is -0.486 e. The highest BCUT2D eigenvalue weighted by molar-refractivity contribution is 6.32. The molecule has 3 amide bonds. The maximum Gasteiger partial charge on any atom is 0.251 e. The van der Waals surface area contributed by atoms with Gasteiger partial charge in [-0.25, -0.2) is 0 Å². The number of amides is 3. The van der Waals surface area contributed by atoms with Gasteiger partial charge >= 0.3 is 0 Å². The van der Waals surface area contributed by atoms with Crippen molar-refractivity contribution in [3.63, 3.8) is 0 Å². The summed E-state index contributed by atoms with van der Waals surface area (Å²) in [5.41, 5.74) is 2.04. The molecule has 3 N–H and O–H groups in total. The third-order valence-electron chi connectivity index (χ3n) is 4.19. The zero-order chi connectivity index (χ0) is 21.7. The highest BCUT2D eigenvalue weighted by atomic mass is 35.5. The van der Waals surface area contributed by atoms with Crippen LogP contribution < -0.4 is 25.4 Å². The highest BCUT2D eigenvalue weighted by Crippen LogP contribution is 2.38. The van der Waals surface area contributed by atoms with Crippen LogP contribution in [0.5, 0.6) is 11.5 Å². The van der Waals surface area contributed by atoms with Gasteiger partial charge in [-0.3, -0.25) is 14.4 Å². The second-order valence-electron chi connectivity index (χ2n) is 6.77. The average Bonchev–Trinajstić information content (AvgIpc) is 2.66. The molecule has 0 saturated heterocycles. The standard InChI is InChI=1S/C21H22ClN3O5/c1-12(26)24-16-9-15(10-17(11-16)25-13(2)27)21(28)23-4-3-14-7-18(22)20-19(8-14)29-5-6-30-20/h7-11H,3-6H2,1-2H3,(H,23,28)(H,24,26)(H,25,27). The lowest BCUT2D eigenvalue weighted by Crippen LogP contribution is -2.26. The lowest BCUT2D eigenvalue weighted by atomic mass is 10.1. The van der Waals surface area contributed by atoms with Crippen LogP contribution in [0.2, 0.25) is 5.02 Å². The van der Waals surface area contributed by atoms with E-state index in [9.17, 15) is 14.4 Å². The molecule has 0 bridgehead atoms. The number of anilines is 2. The highest BCUT2D eigenvalue weighted by Gasteiger charge is 2.17. The Labute approximate surface area is 178 Å². The first-order valence-electron chi connectivity index (χ1n) is 9.38. The minimum absolute atomic E-state index is 0.281. The van der Waals surface area contributed by atoms with Gasteiger partial charge in [0.1, 0.15) is 13.2 Å². The second kappa shape index (κ2) is 9.49. The minimum atomic E-state index is -0.336.